The van der Waals surface area contributed by atoms with E-state index in [4.69, 9.17) is 4.74 Å². The number of hydrogen-bond donors (Lipinski definition) is 1. The van der Waals surface area contributed by atoms with Crippen molar-refractivity contribution in [2.24, 2.45) is 0 Å². The lowest BCUT2D eigenvalue weighted by Gasteiger charge is -2.25. The standard InChI is InChI=1S/C14H20FNO/c1-14(2)7-8-17-12(9-16-3)13-10(14)5-4-6-11(13)15/h4-6,12,16H,7-9H2,1-3H3/t12-/m0/s1. The van der Waals surface area contributed by atoms with E-state index in [0.717, 1.165) is 17.5 Å². The zero-order valence-electron chi connectivity index (χ0n) is 10.7. The van der Waals surface area contributed by atoms with Crippen molar-refractivity contribution in [3.8, 4) is 0 Å². The molecule has 1 aliphatic heterocycles. The zero-order chi connectivity index (χ0) is 12.5. The minimum Gasteiger partial charge on any atom is -0.372 e. The van der Waals surface area contributed by atoms with Crippen molar-refractivity contribution in [3.63, 3.8) is 0 Å². The molecule has 3 heteroatoms. The highest BCUT2D eigenvalue weighted by Crippen LogP contribution is 2.38. The van der Waals surface area contributed by atoms with Gasteiger partial charge in [-0.15, -0.1) is 0 Å². The Hall–Kier alpha value is -0.930. The van der Waals surface area contributed by atoms with Crippen LogP contribution in [-0.2, 0) is 10.2 Å². The topological polar surface area (TPSA) is 21.3 Å². The van der Waals surface area contributed by atoms with Gasteiger partial charge in [0.15, 0.2) is 0 Å². The Balaban J connectivity index is 2.52. The number of benzene rings is 1. The highest BCUT2D eigenvalue weighted by Gasteiger charge is 2.32. The Bertz CT molecular complexity index is 403. The lowest BCUT2D eigenvalue weighted by molar-refractivity contribution is 0.0510. The summed E-state index contributed by atoms with van der Waals surface area (Å²) in [6.45, 7) is 5.62. The van der Waals surface area contributed by atoms with Crippen LogP contribution in [0.4, 0.5) is 4.39 Å². The van der Waals surface area contributed by atoms with Crippen LogP contribution in [0.25, 0.3) is 0 Å². The zero-order valence-corrected chi connectivity index (χ0v) is 10.7. The Labute approximate surface area is 102 Å². The van der Waals surface area contributed by atoms with Crippen LogP contribution in [0, 0.1) is 5.82 Å². The normalized spacial score (nSPS) is 22.9. The van der Waals surface area contributed by atoms with Crippen LogP contribution in [-0.4, -0.2) is 20.2 Å². The molecule has 1 atom stereocenters. The third-order valence-corrected chi connectivity index (χ3v) is 3.54. The Kier molecular flexibility index (Phi) is 3.50. The van der Waals surface area contributed by atoms with E-state index in [1.54, 1.807) is 6.07 Å². The predicted molar refractivity (Wildman–Crippen MR) is 66.7 cm³/mol. The predicted octanol–water partition coefficient (Wildman–Crippen LogP) is 2.78. The average molecular weight is 237 g/mol. The number of fused-ring (bicyclic) bond motifs is 1. The highest BCUT2D eigenvalue weighted by atomic mass is 19.1. The molecule has 0 saturated carbocycles. The summed E-state index contributed by atoms with van der Waals surface area (Å²) in [7, 11) is 1.86. The van der Waals surface area contributed by atoms with E-state index in [9.17, 15) is 4.39 Å². The maximum absolute atomic E-state index is 14.1. The summed E-state index contributed by atoms with van der Waals surface area (Å²) >= 11 is 0. The molecule has 2 rings (SSSR count). The Morgan fingerprint density at radius 3 is 2.94 bits per heavy atom. The minimum absolute atomic E-state index is 0.0279. The summed E-state index contributed by atoms with van der Waals surface area (Å²) < 4.78 is 19.8. The first-order valence-electron chi connectivity index (χ1n) is 6.11. The van der Waals surface area contributed by atoms with Crippen molar-refractivity contribution < 1.29 is 9.13 Å². The molecule has 0 unspecified atom stereocenters. The van der Waals surface area contributed by atoms with Crippen LogP contribution >= 0.6 is 0 Å². The van der Waals surface area contributed by atoms with Crippen LogP contribution in [0.2, 0.25) is 0 Å². The van der Waals surface area contributed by atoms with Crippen molar-refractivity contribution >= 4 is 0 Å². The van der Waals surface area contributed by atoms with Crippen LogP contribution in [0.5, 0.6) is 0 Å². The van der Waals surface area contributed by atoms with E-state index in [2.05, 4.69) is 19.2 Å². The maximum Gasteiger partial charge on any atom is 0.129 e. The van der Waals surface area contributed by atoms with E-state index < -0.39 is 0 Å². The number of rotatable bonds is 2. The molecule has 0 aromatic heterocycles. The summed E-state index contributed by atoms with van der Waals surface area (Å²) in [5.74, 6) is -0.155. The molecule has 1 N–H and O–H groups in total. The fourth-order valence-electron chi connectivity index (χ4n) is 2.48. The van der Waals surface area contributed by atoms with Crippen molar-refractivity contribution in [2.75, 3.05) is 20.2 Å². The molecule has 0 spiro atoms. The first-order valence-corrected chi connectivity index (χ1v) is 6.11. The van der Waals surface area contributed by atoms with Crippen molar-refractivity contribution in [1.82, 2.24) is 5.32 Å². The van der Waals surface area contributed by atoms with Gasteiger partial charge in [0.25, 0.3) is 0 Å². The van der Waals surface area contributed by atoms with Crippen LogP contribution < -0.4 is 5.32 Å². The van der Waals surface area contributed by atoms with Gasteiger partial charge in [-0.3, -0.25) is 0 Å². The molecule has 1 aromatic carbocycles. The number of hydrogen-bond acceptors (Lipinski definition) is 2. The number of likely N-dealkylation sites (N-methyl/N-ethyl adjacent to an activating group) is 1. The van der Waals surface area contributed by atoms with Gasteiger partial charge in [0, 0.05) is 18.7 Å². The van der Waals surface area contributed by atoms with Gasteiger partial charge in [-0.2, -0.15) is 0 Å². The molecule has 0 fully saturated rings. The van der Waals surface area contributed by atoms with Gasteiger partial charge in [-0.25, -0.2) is 4.39 Å². The van der Waals surface area contributed by atoms with E-state index in [-0.39, 0.29) is 17.3 Å². The Morgan fingerprint density at radius 1 is 1.47 bits per heavy atom. The van der Waals surface area contributed by atoms with Gasteiger partial charge in [-0.05, 0) is 30.5 Å². The summed E-state index contributed by atoms with van der Waals surface area (Å²) in [5.41, 5.74) is 1.78. The molecule has 0 aliphatic carbocycles. The quantitative estimate of drug-likeness (QED) is 0.854. The minimum atomic E-state index is -0.182. The monoisotopic (exact) mass is 237 g/mol. The third-order valence-electron chi connectivity index (χ3n) is 3.54. The van der Waals surface area contributed by atoms with Crippen molar-refractivity contribution in [2.45, 2.75) is 31.8 Å². The molecule has 0 saturated heterocycles. The summed E-state index contributed by atoms with van der Waals surface area (Å²) in [6.07, 6.45) is 0.738. The lowest BCUT2D eigenvalue weighted by atomic mass is 9.79. The van der Waals surface area contributed by atoms with Gasteiger partial charge in [-0.1, -0.05) is 26.0 Å². The molecule has 1 aliphatic rings. The fourth-order valence-corrected chi connectivity index (χ4v) is 2.48. The summed E-state index contributed by atoms with van der Waals surface area (Å²) in [5, 5.41) is 3.07. The summed E-state index contributed by atoms with van der Waals surface area (Å²) in [4.78, 5) is 0. The maximum atomic E-state index is 14.1. The third kappa shape index (κ3) is 2.35. The van der Waals surface area contributed by atoms with Crippen LogP contribution in [0.3, 0.4) is 0 Å². The van der Waals surface area contributed by atoms with Crippen molar-refractivity contribution in [1.29, 1.82) is 0 Å². The number of nitrogens with one attached hydrogen (secondary N) is 1. The van der Waals surface area contributed by atoms with E-state index >= 15 is 0 Å². The molecule has 94 valence electrons. The van der Waals surface area contributed by atoms with Crippen molar-refractivity contribution in [3.05, 3.63) is 35.1 Å². The first-order chi connectivity index (χ1) is 8.06. The first kappa shape index (κ1) is 12.5. The molecule has 0 bridgehead atoms. The van der Waals surface area contributed by atoms with Crippen LogP contribution in [0.15, 0.2) is 18.2 Å². The average Bonchev–Trinajstić information content (AvgIpc) is 2.39. The molecule has 0 radical (unpaired) electrons. The molecule has 1 heterocycles. The SMILES string of the molecule is CNC[C@@H]1OCCC(C)(C)c2cccc(F)c21. The van der Waals surface area contributed by atoms with Crippen LogP contribution in [0.1, 0.15) is 37.5 Å². The fraction of sp³-hybridized carbons (Fsp3) is 0.571. The largest absolute Gasteiger partial charge is 0.372 e. The van der Waals surface area contributed by atoms with Gasteiger partial charge in [0.05, 0.1) is 6.10 Å². The Morgan fingerprint density at radius 2 is 2.24 bits per heavy atom. The van der Waals surface area contributed by atoms with Gasteiger partial charge < -0.3 is 10.1 Å². The van der Waals surface area contributed by atoms with E-state index in [1.807, 2.05) is 13.1 Å². The second-order valence-electron chi connectivity index (χ2n) is 5.25. The number of ether oxygens (including phenoxy) is 1. The van der Waals surface area contributed by atoms with E-state index in [1.165, 1.54) is 6.07 Å². The smallest absolute Gasteiger partial charge is 0.129 e. The molecule has 17 heavy (non-hydrogen) atoms. The van der Waals surface area contributed by atoms with E-state index in [0.29, 0.717) is 13.2 Å². The number of halogens is 1. The highest BCUT2D eigenvalue weighted by molar-refractivity contribution is 5.37. The molecular formula is C14H20FNO. The van der Waals surface area contributed by atoms with Gasteiger partial charge >= 0.3 is 0 Å². The second kappa shape index (κ2) is 4.75. The molecule has 1 aromatic rings. The lowest BCUT2D eigenvalue weighted by Crippen LogP contribution is -2.22. The second-order valence-corrected chi connectivity index (χ2v) is 5.25. The molecule has 2 nitrogen and oxygen atoms in total. The summed E-state index contributed by atoms with van der Waals surface area (Å²) in [6, 6.07) is 5.33. The van der Waals surface area contributed by atoms with Gasteiger partial charge in [0.2, 0.25) is 0 Å². The molecular weight excluding hydrogens is 217 g/mol. The molecule has 0 amide bonds. The van der Waals surface area contributed by atoms with Gasteiger partial charge in [0.1, 0.15) is 5.82 Å².